The number of rotatable bonds is 4. The highest BCUT2D eigenvalue weighted by Crippen LogP contribution is 2.37. The van der Waals surface area contributed by atoms with Gasteiger partial charge in [-0.3, -0.25) is 4.79 Å². The lowest BCUT2D eigenvalue weighted by atomic mass is 9.74. The van der Waals surface area contributed by atoms with E-state index in [4.69, 9.17) is 14.0 Å². The fourth-order valence-electron chi connectivity index (χ4n) is 3.22. The average molecular weight is 370 g/mol. The molecule has 0 spiro atoms. The molecule has 0 radical (unpaired) electrons. The smallest absolute Gasteiger partial charge is 0.495 e. The minimum absolute atomic E-state index is 0.0824. The highest BCUT2D eigenvalue weighted by molar-refractivity contribution is 6.62. The Morgan fingerprint density at radius 1 is 1.11 bits per heavy atom. The molecule has 0 aromatic heterocycles. The van der Waals surface area contributed by atoms with Crippen LogP contribution in [-0.2, 0) is 9.31 Å². The molecule has 2 aromatic carbocycles. The van der Waals surface area contributed by atoms with Crippen LogP contribution in [0.15, 0.2) is 30.3 Å². The number of hydrogen-bond donors (Lipinski definition) is 0. The van der Waals surface area contributed by atoms with Crippen molar-refractivity contribution < 1.29 is 23.2 Å². The lowest BCUT2D eigenvalue weighted by Gasteiger charge is -2.32. The van der Waals surface area contributed by atoms with Crippen LogP contribution < -0.4 is 10.2 Å². The van der Waals surface area contributed by atoms with E-state index in [0.717, 1.165) is 16.6 Å². The Balaban J connectivity index is 2.07. The van der Waals surface area contributed by atoms with Crippen LogP contribution in [0.3, 0.4) is 0 Å². The summed E-state index contributed by atoms with van der Waals surface area (Å²) in [7, 11) is 0.912. The van der Waals surface area contributed by atoms with Crippen LogP contribution in [0.1, 0.15) is 43.6 Å². The van der Waals surface area contributed by atoms with Gasteiger partial charge in [0.1, 0.15) is 11.6 Å². The number of carbonyl (C=O) groups is 1. The molecule has 1 aliphatic heterocycles. The van der Waals surface area contributed by atoms with Crippen molar-refractivity contribution in [3.63, 3.8) is 0 Å². The fourth-order valence-corrected chi connectivity index (χ4v) is 3.22. The highest BCUT2D eigenvalue weighted by atomic mass is 19.1. The number of carbonyl (C=O) groups excluding carboxylic acids is 1. The minimum atomic E-state index is -0.611. The van der Waals surface area contributed by atoms with Crippen LogP contribution in [-0.4, -0.2) is 31.7 Å². The lowest BCUT2D eigenvalue weighted by molar-refractivity contribution is 0.00578. The predicted octanol–water partition coefficient (Wildman–Crippen LogP) is 3.92. The molecule has 27 heavy (non-hydrogen) atoms. The van der Waals surface area contributed by atoms with Crippen molar-refractivity contribution in [1.29, 1.82) is 0 Å². The summed E-state index contributed by atoms with van der Waals surface area (Å²) >= 11 is 0. The van der Waals surface area contributed by atoms with E-state index in [1.165, 1.54) is 13.2 Å². The van der Waals surface area contributed by atoms with Crippen LogP contribution in [0.25, 0.3) is 11.1 Å². The van der Waals surface area contributed by atoms with Crippen molar-refractivity contribution in [3.05, 3.63) is 47.3 Å². The summed E-state index contributed by atoms with van der Waals surface area (Å²) in [5.74, 6) is -0.403. The molecule has 3 rings (SSSR count). The zero-order valence-electron chi connectivity index (χ0n) is 16.6. The molecule has 4 nitrogen and oxygen atoms in total. The van der Waals surface area contributed by atoms with Gasteiger partial charge in [0.2, 0.25) is 0 Å². The fraction of sp³-hybridized carbons (Fsp3) is 0.381. The van der Waals surface area contributed by atoms with Gasteiger partial charge in [0.25, 0.3) is 0 Å². The number of halogens is 1. The third kappa shape index (κ3) is 3.28. The molecule has 0 saturated carbocycles. The normalized spacial score (nSPS) is 17.8. The van der Waals surface area contributed by atoms with E-state index in [2.05, 4.69) is 0 Å². The molecule has 0 atom stereocenters. The number of ether oxygens (including phenoxy) is 1. The molecule has 142 valence electrons. The van der Waals surface area contributed by atoms with Crippen LogP contribution in [0, 0.1) is 12.7 Å². The van der Waals surface area contributed by atoms with Crippen LogP contribution in [0.2, 0.25) is 0 Å². The van der Waals surface area contributed by atoms with Gasteiger partial charge in [-0.1, -0.05) is 18.2 Å². The van der Waals surface area contributed by atoms with Crippen molar-refractivity contribution >= 4 is 18.9 Å². The second-order valence-corrected chi connectivity index (χ2v) is 7.80. The van der Waals surface area contributed by atoms with Gasteiger partial charge in [0.05, 0.1) is 23.9 Å². The maximum Gasteiger partial charge on any atom is 0.495 e. The van der Waals surface area contributed by atoms with Gasteiger partial charge in [-0.05, 0) is 68.9 Å². The first-order valence-electron chi connectivity index (χ1n) is 8.89. The average Bonchev–Trinajstić information content (AvgIpc) is 2.81. The SMILES string of the molecule is COc1cc(-c2cccc(B3OC(C)(C)C(C)(C)O3)c2C)cc(F)c1C=O. The molecule has 2 aromatic rings. The summed E-state index contributed by atoms with van der Waals surface area (Å²) in [5.41, 5.74) is 2.31. The first kappa shape index (κ1) is 19.6. The largest absolute Gasteiger partial charge is 0.496 e. The maximum atomic E-state index is 14.4. The van der Waals surface area contributed by atoms with E-state index in [0.29, 0.717) is 11.8 Å². The minimum Gasteiger partial charge on any atom is -0.496 e. The molecule has 0 aliphatic carbocycles. The second-order valence-electron chi connectivity index (χ2n) is 7.80. The quantitative estimate of drug-likeness (QED) is 0.605. The first-order chi connectivity index (χ1) is 12.6. The van der Waals surface area contributed by atoms with Gasteiger partial charge in [-0.2, -0.15) is 0 Å². The molecule has 1 fully saturated rings. The summed E-state index contributed by atoms with van der Waals surface area (Å²) in [5, 5.41) is 0. The standard InChI is InChI=1S/C21H24BFO4/c1-13-15(14-10-18(23)16(12-24)19(11-14)25-6)8-7-9-17(13)22-26-20(2,3)21(4,5)27-22/h7-12H,1-6H3. The molecule has 0 unspecified atom stereocenters. The molecule has 1 aliphatic rings. The van der Waals surface area contributed by atoms with E-state index in [1.54, 1.807) is 6.07 Å². The molecule has 6 heteroatoms. The van der Waals surface area contributed by atoms with Crippen LogP contribution >= 0.6 is 0 Å². The van der Waals surface area contributed by atoms with Gasteiger partial charge >= 0.3 is 7.12 Å². The van der Waals surface area contributed by atoms with Crippen molar-refractivity contribution in [2.24, 2.45) is 0 Å². The Morgan fingerprint density at radius 2 is 1.74 bits per heavy atom. The van der Waals surface area contributed by atoms with Gasteiger partial charge < -0.3 is 14.0 Å². The Morgan fingerprint density at radius 3 is 2.30 bits per heavy atom. The number of hydrogen-bond acceptors (Lipinski definition) is 4. The molecule has 0 bridgehead atoms. The highest BCUT2D eigenvalue weighted by Gasteiger charge is 2.52. The van der Waals surface area contributed by atoms with E-state index in [9.17, 15) is 9.18 Å². The van der Waals surface area contributed by atoms with E-state index >= 15 is 0 Å². The van der Waals surface area contributed by atoms with Crippen molar-refractivity contribution in [2.45, 2.75) is 45.8 Å². The molecular formula is C21H24BFO4. The van der Waals surface area contributed by atoms with Crippen molar-refractivity contribution in [2.75, 3.05) is 7.11 Å². The van der Waals surface area contributed by atoms with E-state index < -0.39 is 24.1 Å². The Hall–Kier alpha value is -2.18. The van der Waals surface area contributed by atoms with Crippen molar-refractivity contribution in [1.82, 2.24) is 0 Å². The molecule has 1 heterocycles. The molecule has 0 N–H and O–H groups in total. The molecule has 1 saturated heterocycles. The van der Waals surface area contributed by atoms with E-state index in [-0.39, 0.29) is 11.3 Å². The molecule has 0 amide bonds. The third-order valence-corrected chi connectivity index (χ3v) is 5.62. The Labute approximate surface area is 159 Å². The van der Waals surface area contributed by atoms with E-state index in [1.807, 2.05) is 52.8 Å². The maximum absolute atomic E-state index is 14.4. The first-order valence-corrected chi connectivity index (χ1v) is 8.89. The zero-order chi connectivity index (χ0) is 20.0. The monoisotopic (exact) mass is 370 g/mol. The Bertz CT molecular complexity index is 876. The summed E-state index contributed by atoms with van der Waals surface area (Å²) < 4.78 is 31.9. The van der Waals surface area contributed by atoms with Crippen LogP contribution in [0.4, 0.5) is 4.39 Å². The van der Waals surface area contributed by atoms with Crippen LogP contribution in [0.5, 0.6) is 5.75 Å². The predicted molar refractivity (Wildman–Crippen MR) is 104 cm³/mol. The summed E-state index contributed by atoms with van der Waals surface area (Å²) in [6.07, 6.45) is 0.464. The topological polar surface area (TPSA) is 44.8 Å². The summed E-state index contributed by atoms with van der Waals surface area (Å²) in [6, 6.07) is 8.76. The summed E-state index contributed by atoms with van der Waals surface area (Å²) in [6.45, 7) is 9.97. The number of methoxy groups -OCH3 is 1. The zero-order valence-corrected chi connectivity index (χ0v) is 16.6. The van der Waals surface area contributed by atoms with Gasteiger partial charge in [0.15, 0.2) is 6.29 Å². The lowest BCUT2D eigenvalue weighted by Crippen LogP contribution is -2.41. The van der Waals surface area contributed by atoms with Gasteiger partial charge in [0, 0.05) is 0 Å². The second kappa shape index (κ2) is 6.77. The van der Waals surface area contributed by atoms with Crippen molar-refractivity contribution in [3.8, 4) is 16.9 Å². The van der Waals surface area contributed by atoms with Gasteiger partial charge in [-0.15, -0.1) is 0 Å². The third-order valence-electron chi connectivity index (χ3n) is 5.62. The number of aldehydes is 1. The number of benzene rings is 2. The molecular weight excluding hydrogens is 346 g/mol. The Kier molecular flexibility index (Phi) is 4.91. The summed E-state index contributed by atoms with van der Waals surface area (Å²) in [4.78, 5) is 11.1. The van der Waals surface area contributed by atoms with Gasteiger partial charge in [-0.25, -0.2) is 4.39 Å².